The fraction of sp³-hybridized carbons (Fsp3) is 0.111. The van der Waals surface area contributed by atoms with E-state index in [1.165, 1.54) is 13.1 Å². The molecule has 1 rings (SSSR count). The van der Waals surface area contributed by atoms with Crippen LogP contribution in [0.25, 0.3) is 0 Å². The van der Waals surface area contributed by atoms with Crippen molar-refractivity contribution in [2.45, 2.75) is 0 Å². The number of likely N-dealkylation sites (N-methyl/N-ethyl adjacent to an activating group) is 1. The third kappa shape index (κ3) is 2.23. The van der Waals surface area contributed by atoms with E-state index >= 15 is 0 Å². The van der Waals surface area contributed by atoms with Gasteiger partial charge in [-0.25, -0.2) is 4.79 Å². The number of rotatable bonds is 1. The summed E-state index contributed by atoms with van der Waals surface area (Å²) < 4.78 is 0. The molecule has 74 valence electrons. The number of carboxylic acid groups (broad SMARTS) is 1. The molecular weight excluding hydrogens is 206 g/mol. The van der Waals surface area contributed by atoms with Crippen molar-refractivity contribution < 1.29 is 14.7 Å². The highest BCUT2D eigenvalue weighted by Crippen LogP contribution is 2.18. The number of carboxylic acids is 1. The largest absolute Gasteiger partial charge is 0.474 e. The molecule has 1 aromatic carbocycles. The lowest BCUT2D eigenvalue weighted by molar-refractivity contribution is -0.148. The number of carbonyl (C=O) groups is 2. The van der Waals surface area contributed by atoms with Crippen molar-refractivity contribution in [1.29, 1.82) is 0 Å². The molecule has 0 radical (unpaired) electrons. The summed E-state index contributed by atoms with van der Waals surface area (Å²) in [6.45, 7) is 0. The quantitative estimate of drug-likeness (QED) is 0.718. The molecular formula is C9H8ClNO3. The van der Waals surface area contributed by atoms with Crippen molar-refractivity contribution in [3.8, 4) is 0 Å². The Labute approximate surface area is 85.7 Å². The van der Waals surface area contributed by atoms with Gasteiger partial charge in [0.05, 0.1) is 0 Å². The Balaban J connectivity index is 2.95. The van der Waals surface area contributed by atoms with Crippen molar-refractivity contribution >= 4 is 29.2 Å². The van der Waals surface area contributed by atoms with Gasteiger partial charge in [-0.1, -0.05) is 17.7 Å². The summed E-state index contributed by atoms with van der Waals surface area (Å²) in [7, 11) is 1.38. The smallest absolute Gasteiger partial charge is 0.394 e. The van der Waals surface area contributed by atoms with Crippen LogP contribution in [-0.4, -0.2) is 24.0 Å². The molecule has 1 N–H and O–H groups in total. The van der Waals surface area contributed by atoms with Gasteiger partial charge in [-0.2, -0.15) is 0 Å². The van der Waals surface area contributed by atoms with Gasteiger partial charge in [-0.05, 0) is 18.2 Å². The fourth-order valence-corrected chi connectivity index (χ4v) is 1.13. The lowest BCUT2D eigenvalue weighted by atomic mass is 10.3. The van der Waals surface area contributed by atoms with Crippen LogP contribution < -0.4 is 4.90 Å². The molecule has 0 fully saturated rings. The van der Waals surface area contributed by atoms with Crippen molar-refractivity contribution in [3.05, 3.63) is 29.3 Å². The van der Waals surface area contributed by atoms with E-state index in [0.717, 1.165) is 4.90 Å². The van der Waals surface area contributed by atoms with Gasteiger partial charge in [0.1, 0.15) is 0 Å². The Morgan fingerprint density at radius 1 is 1.43 bits per heavy atom. The first kappa shape index (κ1) is 10.5. The Kier molecular flexibility index (Phi) is 3.09. The van der Waals surface area contributed by atoms with E-state index in [1.807, 2.05) is 0 Å². The standard InChI is InChI=1S/C9H8ClNO3/c1-11(8(12)9(13)14)7-4-2-3-6(10)5-7/h2-5H,1H3,(H,13,14). The molecule has 4 nitrogen and oxygen atoms in total. The van der Waals surface area contributed by atoms with E-state index in [-0.39, 0.29) is 0 Å². The summed E-state index contributed by atoms with van der Waals surface area (Å²) in [6, 6.07) is 6.41. The molecule has 0 aromatic heterocycles. The summed E-state index contributed by atoms with van der Waals surface area (Å²) >= 11 is 5.69. The van der Waals surface area contributed by atoms with E-state index in [1.54, 1.807) is 18.2 Å². The van der Waals surface area contributed by atoms with Crippen molar-refractivity contribution in [1.82, 2.24) is 0 Å². The minimum absolute atomic E-state index is 0.449. The van der Waals surface area contributed by atoms with Crippen LogP contribution in [0.1, 0.15) is 0 Å². The molecule has 0 atom stereocenters. The molecule has 0 spiro atoms. The van der Waals surface area contributed by atoms with E-state index in [4.69, 9.17) is 16.7 Å². The van der Waals surface area contributed by atoms with E-state index in [0.29, 0.717) is 10.7 Å². The number of amides is 1. The van der Waals surface area contributed by atoms with Crippen LogP contribution in [0.2, 0.25) is 5.02 Å². The number of anilines is 1. The van der Waals surface area contributed by atoms with Crippen LogP contribution in [0.3, 0.4) is 0 Å². The molecule has 0 saturated heterocycles. The second-order valence-electron chi connectivity index (χ2n) is 2.65. The summed E-state index contributed by atoms with van der Waals surface area (Å²) in [5.41, 5.74) is 0.449. The van der Waals surface area contributed by atoms with Gasteiger partial charge in [-0.15, -0.1) is 0 Å². The summed E-state index contributed by atoms with van der Waals surface area (Å²) in [4.78, 5) is 22.4. The van der Waals surface area contributed by atoms with Gasteiger partial charge in [-0.3, -0.25) is 4.79 Å². The van der Waals surface area contributed by atoms with Crippen molar-refractivity contribution in [2.75, 3.05) is 11.9 Å². The van der Waals surface area contributed by atoms with E-state index in [9.17, 15) is 9.59 Å². The Bertz CT molecular complexity index is 378. The van der Waals surface area contributed by atoms with Gasteiger partial charge in [0.15, 0.2) is 0 Å². The van der Waals surface area contributed by atoms with Crippen molar-refractivity contribution in [2.24, 2.45) is 0 Å². The van der Waals surface area contributed by atoms with Crippen LogP contribution in [0.4, 0.5) is 5.69 Å². The lowest BCUT2D eigenvalue weighted by Crippen LogP contribution is -2.32. The number of aliphatic carboxylic acids is 1. The van der Waals surface area contributed by atoms with Gasteiger partial charge < -0.3 is 10.0 Å². The Morgan fingerprint density at radius 3 is 2.57 bits per heavy atom. The summed E-state index contributed by atoms with van der Waals surface area (Å²) in [5, 5.41) is 8.91. The number of hydrogen-bond acceptors (Lipinski definition) is 2. The number of hydrogen-bond donors (Lipinski definition) is 1. The zero-order chi connectivity index (χ0) is 10.7. The molecule has 0 aliphatic heterocycles. The number of nitrogens with zero attached hydrogens (tertiary/aromatic N) is 1. The minimum Gasteiger partial charge on any atom is -0.474 e. The second kappa shape index (κ2) is 4.11. The van der Waals surface area contributed by atoms with Crippen molar-refractivity contribution in [3.63, 3.8) is 0 Å². The van der Waals surface area contributed by atoms with Crippen LogP contribution in [0.5, 0.6) is 0 Å². The van der Waals surface area contributed by atoms with Gasteiger partial charge in [0, 0.05) is 17.8 Å². The second-order valence-corrected chi connectivity index (χ2v) is 3.09. The molecule has 0 bridgehead atoms. The lowest BCUT2D eigenvalue weighted by Gasteiger charge is -2.14. The predicted molar refractivity (Wildman–Crippen MR) is 52.5 cm³/mol. The average molecular weight is 214 g/mol. The molecule has 0 aliphatic rings. The Hall–Kier alpha value is -1.55. The van der Waals surface area contributed by atoms with Gasteiger partial charge >= 0.3 is 11.9 Å². The Morgan fingerprint density at radius 2 is 2.07 bits per heavy atom. The first-order chi connectivity index (χ1) is 6.52. The van der Waals surface area contributed by atoms with Crippen LogP contribution in [0.15, 0.2) is 24.3 Å². The maximum absolute atomic E-state index is 11.0. The monoisotopic (exact) mass is 213 g/mol. The summed E-state index contributed by atoms with van der Waals surface area (Å²) in [5.74, 6) is -2.49. The minimum atomic E-state index is -1.49. The molecule has 0 unspecified atom stereocenters. The molecule has 0 saturated carbocycles. The average Bonchev–Trinajstić information content (AvgIpc) is 2.15. The molecule has 0 aliphatic carbocycles. The van der Waals surface area contributed by atoms with Crippen LogP contribution >= 0.6 is 11.6 Å². The normalized spacial score (nSPS) is 9.57. The number of carbonyl (C=O) groups excluding carboxylic acids is 1. The topological polar surface area (TPSA) is 57.6 Å². The highest BCUT2D eigenvalue weighted by atomic mass is 35.5. The highest BCUT2D eigenvalue weighted by Gasteiger charge is 2.18. The van der Waals surface area contributed by atoms with E-state index in [2.05, 4.69) is 0 Å². The third-order valence-electron chi connectivity index (χ3n) is 1.68. The molecule has 1 amide bonds. The number of halogens is 1. The number of benzene rings is 1. The molecule has 0 heterocycles. The maximum atomic E-state index is 11.0. The molecule has 5 heteroatoms. The fourth-order valence-electron chi connectivity index (χ4n) is 0.945. The molecule has 14 heavy (non-hydrogen) atoms. The first-order valence-corrected chi connectivity index (χ1v) is 4.16. The first-order valence-electron chi connectivity index (χ1n) is 3.79. The van der Waals surface area contributed by atoms with Gasteiger partial charge in [0.25, 0.3) is 0 Å². The predicted octanol–water partition coefficient (Wildman–Crippen LogP) is 1.39. The van der Waals surface area contributed by atoms with Crippen LogP contribution in [-0.2, 0) is 9.59 Å². The highest BCUT2D eigenvalue weighted by molar-refractivity contribution is 6.37. The zero-order valence-electron chi connectivity index (χ0n) is 7.40. The molecule has 1 aromatic rings. The van der Waals surface area contributed by atoms with E-state index < -0.39 is 11.9 Å². The van der Waals surface area contributed by atoms with Gasteiger partial charge in [0.2, 0.25) is 0 Å². The summed E-state index contributed by atoms with van der Waals surface area (Å²) in [6.07, 6.45) is 0. The SMILES string of the molecule is CN(C(=O)C(=O)O)c1cccc(Cl)c1. The van der Waals surface area contributed by atoms with Crippen LogP contribution in [0, 0.1) is 0 Å². The maximum Gasteiger partial charge on any atom is 0.394 e. The zero-order valence-corrected chi connectivity index (χ0v) is 8.15. The third-order valence-corrected chi connectivity index (χ3v) is 1.92.